The highest BCUT2D eigenvalue weighted by atomic mass is 16.5. The molecule has 0 saturated heterocycles. The fourth-order valence-electron chi connectivity index (χ4n) is 5.23. The predicted molar refractivity (Wildman–Crippen MR) is 191 cm³/mol. The molecule has 8 nitrogen and oxygen atoms in total. The minimum Gasteiger partial charge on any atom is -0.483 e. The maximum Gasteiger partial charge on any atom is 0.262 e. The lowest BCUT2D eigenvalue weighted by molar-refractivity contribution is -0.118. The Labute approximate surface area is 282 Å². The molecule has 0 bridgehead atoms. The van der Waals surface area contributed by atoms with Crippen molar-refractivity contribution < 1.29 is 19.1 Å². The molecule has 0 saturated carbocycles. The van der Waals surface area contributed by atoms with E-state index in [4.69, 9.17) is 9.47 Å². The molecular weight excluding hydrogens is 600 g/mol. The van der Waals surface area contributed by atoms with Gasteiger partial charge in [0.1, 0.15) is 11.5 Å². The van der Waals surface area contributed by atoms with Gasteiger partial charge >= 0.3 is 0 Å². The molecule has 8 heteroatoms. The highest BCUT2D eigenvalue weighted by molar-refractivity contribution is 5.92. The fourth-order valence-corrected chi connectivity index (χ4v) is 5.23. The van der Waals surface area contributed by atoms with Crippen molar-refractivity contribution in [3.63, 3.8) is 0 Å². The van der Waals surface area contributed by atoms with Crippen LogP contribution in [0.1, 0.15) is 63.5 Å². The second kappa shape index (κ2) is 16.4. The number of rotatable bonds is 14. The number of hydrogen-bond donors (Lipinski definition) is 2. The summed E-state index contributed by atoms with van der Waals surface area (Å²) in [6.45, 7) is 8.42. The summed E-state index contributed by atoms with van der Waals surface area (Å²) in [6, 6.07) is 30.6. The number of ether oxygens (including phenoxy) is 2. The number of aromatic nitrogens is 2. The van der Waals surface area contributed by atoms with Gasteiger partial charge in [-0.1, -0.05) is 76.2 Å². The Bertz CT molecular complexity index is 1670. The monoisotopic (exact) mass is 642 g/mol. The SMILES string of the molecule is CC[C@H](C)c1ccccc1OCC(=O)Nc1ccc(-c2cnc(-c3ccc(NC(=O)COc4ccccc4[C@@H](C)CC)cc3)nc2)cc1. The summed E-state index contributed by atoms with van der Waals surface area (Å²) in [5.41, 5.74) is 6.14. The predicted octanol–water partition coefficient (Wildman–Crippen LogP) is 8.87. The first-order valence-electron chi connectivity index (χ1n) is 16.4. The van der Waals surface area contributed by atoms with Gasteiger partial charge in [0, 0.05) is 34.9 Å². The molecule has 0 spiro atoms. The summed E-state index contributed by atoms with van der Waals surface area (Å²) in [5.74, 6) is 2.29. The number of para-hydroxylation sites is 2. The maximum atomic E-state index is 12.6. The zero-order valence-corrected chi connectivity index (χ0v) is 27.9. The van der Waals surface area contributed by atoms with E-state index in [9.17, 15) is 9.59 Å². The lowest BCUT2D eigenvalue weighted by Crippen LogP contribution is -2.20. The van der Waals surface area contributed by atoms with Crippen molar-refractivity contribution in [2.24, 2.45) is 0 Å². The zero-order valence-electron chi connectivity index (χ0n) is 27.9. The molecule has 1 aromatic heterocycles. The van der Waals surface area contributed by atoms with Crippen molar-refractivity contribution >= 4 is 23.2 Å². The van der Waals surface area contributed by atoms with Crippen molar-refractivity contribution in [3.05, 3.63) is 121 Å². The maximum absolute atomic E-state index is 12.6. The van der Waals surface area contributed by atoms with E-state index in [0.29, 0.717) is 29.0 Å². The summed E-state index contributed by atoms with van der Waals surface area (Å²) in [7, 11) is 0. The number of carbonyl (C=O) groups excluding carboxylic acids is 2. The van der Waals surface area contributed by atoms with Crippen molar-refractivity contribution in [3.8, 4) is 34.0 Å². The van der Waals surface area contributed by atoms with Crippen molar-refractivity contribution in [1.29, 1.82) is 0 Å². The minimum atomic E-state index is -0.232. The second-order valence-electron chi connectivity index (χ2n) is 11.8. The number of amides is 2. The van der Waals surface area contributed by atoms with Gasteiger partial charge in [-0.15, -0.1) is 0 Å². The molecule has 246 valence electrons. The Hall–Kier alpha value is -5.50. The number of benzene rings is 4. The third-order valence-electron chi connectivity index (χ3n) is 8.42. The largest absolute Gasteiger partial charge is 0.483 e. The Morgan fingerprint density at radius 3 is 1.44 bits per heavy atom. The first kappa shape index (κ1) is 33.9. The van der Waals surface area contributed by atoms with Crippen LogP contribution in [0.3, 0.4) is 0 Å². The summed E-state index contributed by atoms with van der Waals surface area (Å²) in [4.78, 5) is 34.3. The lowest BCUT2D eigenvalue weighted by atomic mass is 9.98. The summed E-state index contributed by atoms with van der Waals surface area (Å²) < 4.78 is 11.7. The number of nitrogens with zero attached hydrogens (tertiary/aromatic N) is 2. The quantitative estimate of drug-likeness (QED) is 0.125. The molecule has 0 aliphatic rings. The topological polar surface area (TPSA) is 102 Å². The lowest BCUT2D eigenvalue weighted by Gasteiger charge is -2.15. The van der Waals surface area contributed by atoms with Crippen LogP contribution in [0.15, 0.2) is 109 Å². The molecule has 2 atom stereocenters. The molecular formula is C40H42N4O4. The van der Waals surface area contributed by atoms with Gasteiger partial charge in [-0.25, -0.2) is 9.97 Å². The normalized spacial score (nSPS) is 12.1. The molecule has 0 aliphatic heterocycles. The molecule has 2 amide bonds. The average Bonchev–Trinajstić information content (AvgIpc) is 3.13. The van der Waals surface area contributed by atoms with Gasteiger partial charge < -0.3 is 20.1 Å². The van der Waals surface area contributed by atoms with E-state index in [0.717, 1.165) is 52.2 Å². The third-order valence-corrected chi connectivity index (χ3v) is 8.42. The van der Waals surface area contributed by atoms with Crippen LogP contribution in [0.5, 0.6) is 11.5 Å². The first-order chi connectivity index (χ1) is 23.3. The van der Waals surface area contributed by atoms with E-state index in [1.807, 2.05) is 97.1 Å². The molecule has 5 aromatic rings. The van der Waals surface area contributed by atoms with Gasteiger partial charge in [0.05, 0.1) is 0 Å². The number of nitrogens with one attached hydrogen (secondary N) is 2. The van der Waals surface area contributed by atoms with E-state index < -0.39 is 0 Å². The van der Waals surface area contributed by atoms with Crippen LogP contribution in [0.4, 0.5) is 11.4 Å². The Morgan fingerprint density at radius 1 is 0.583 bits per heavy atom. The van der Waals surface area contributed by atoms with Gasteiger partial charge in [-0.05, 0) is 89.9 Å². The Balaban J connectivity index is 1.12. The van der Waals surface area contributed by atoms with Gasteiger partial charge in [0.25, 0.3) is 11.8 Å². The van der Waals surface area contributed by atoms with Crippen LogP contribution in [0.2, 0.25) is 0 Å². The van der Waals surface area contributed by atoms with Gasteiger partial charge in [0.15, 0.2) is 19.0 Å². The van der Waals surface area contributed by atoms with Gasteiger partial charge in [-0.2, -0.15) is 0 Å². The van der Waals surface area contributed by atoms with E-state index in [-0.39, 0.29) is 25.0 Å². The highest BCUT2D eigenvalue weighted by Gasteiger charge is 2.13. The van der Waals surface area contributed by atoms with E-state index in [1.165, 1.54) is 0 Å². The number of anilines is 2. The molecule has 4 aromatic carbocycles. The summed E-state index contributed by atoms with van der Waals surface area (Å²) >= 11 is 0. The van der Waals surface area contributed by atoms with Crippen molar-refractivity contribution in [1.82, 2.24) is 9.97 Å². The van der Waals surface area contributed by atoms with E-state index in [2.05, 4.69) is 48.3 Å². The molecule has 2 N–H and O–H groups in total. The first-order valence-corrected chi connectivity index (χ1v) is 16.4. The van der Waals surface area contributed by atoms with Crippen molar-refractivity contribution in [2.75, 3.05) is 23.8 Å². The van der Waals surface area contributed by atoms with E-state index in [1.54, 1.807) is 12.4 Å². The standard InChI is InChI=1S/C40H42N4O4/c1-5-27(3)34-11-7-9-13-36(34)47-25-38(45)43-32-19-15-29(16-20-32)31-23-41-40(42-24-31)30-17-21-33(22-18-30)44-39(46)26-48-37-14-10-8-12-35(37)28(4)6-2/h7-24,27-28H,5-6,25-26H2,1-4H3,(H,43,45)(H,44,46)/t27-,28-/m0/s1. The van der Waals surface area contributed by atoms with E-state index >= 15 is 0 Å². The average molecular weight is 643 g/mol. The number of carbonyl (C=O) groups is 2. The van der Waals surface area contributed by atoms with Crippen molar-refractivity contribution in [2.45, 2.75) is 52.4 Å². The third kappa shape index (κ3) is 8.85. The number of hydrogen-bond acceptors (Lipinski definition) is 6. The Morgan fingerprint density at radius 2 is 1.00 bits per heavy atom. The summed E-state index contributed by atoms with van der Waals surface area (Å²) in [6.07, 6.45) is 5.52. The highest BCUT2D eigenvalue weighted by Crippen LogP contribution is 2.30. The molecule has 48 heavy (non-hydrogen) atoms. The minimum absolute atomic E-state index is 0.0696. The molecule has 0 unspecified atom stereocenters. The second-order valence-corrected chi connectivity index (χ2v) is 11.8. The zero-order chi connectivity index (χ0) is 33.9. The Kier molecular flexibility index (Phi) is 11.5. The molecule has 0 aliphatic carbocycles. The molecule has 0 fully saturated rings. The van der Waals surface area contributed by atoms with Crippen LogP contribution in [-0.4, -0.2) is 35.0 Å². The van der Waals surface area contributed by atoms with Crippen LogP contribution >= 0.6 is 0 Å². The van der Waals surface area contributed by atoms with Crippen LogP contribution in [0, 0.1) is 0 Å². The van der Waals surface area contributed by atoms with Gasteiger partial charge in [-0.3, -0.25) is 9.59 Å². The van der Waals surface area contributed by atoms with Gasteiger partial charge in [0.2, 0.25) is 0 Å². The molecule has 1 heterocycles. The fraction of sp³-hybridized carbons (Fsp3) is 0.250. The van der Waals surface area contributed by atoms with Crippen LogP contribution < -0.4 is 20.1 Å². The molecule has 0 radical (unpaired) electrons. The summed E-state index contributed by atoms with van der Waals surface area (Å²) in [5, 5.41) is 5.78. The molecule has 5 rings (SSSR count). The smallest absolute Gasteiger partial charge is 0.262 e. The van der Waals surface area contributed by atoms with Crippen LogP contribution in [0.25, 0.3) is 22.5 Å². The van der Waals surface area contributed by atoms with Crippen LogP contribution in [-0.2, 0) is 9.59 Å².